The van der Waals surface area contributed by atoms with Gasteiger partial charge in [0, 0.05) is 12.8 Å². The number of Topliss-reactive ketones (excluding diaryl/α,β-unsaturated/α-hetero) is 1. The number of hydrogen-bond acceptors (Lipinski definition) is 1. The number of halogens is 2. The van der Waals surface area contributed by atoms with Crippen LogP contribution in [0.1, 0.15) is 44.6 Å². The largest absolute Gasteiger partial charge is 0.300 e. The fourth-order valence-corrected chi connectivity index (χ4v) is 1.68. The van der Waals surface area contributed by atoms with Gasteiger partial charge in [0.05, 0.1) is 0 Å². The molecule has 0 spiro atoms. The number of carbonyl (C=O) groups excluding carboxylic acids is 1. The van der Waals surface area contributed by atoms with Gasteiger partial charge in [-0.2, -0.15) is 0 Å². The lowest BCUT2D eigenvalue weighted by Gasteiger charge is -2.02. The first-order valence-corrected chi connectivity index (χ1v) is 6.09. The minimum Gasteiger partial charge on any atom is -0.300 e. The summed E-state index contributed by atoms with van der Waals surface area (Å²) in [5, 5.41) is 0. The molecule has 0 bridgehead atoms. The van der Waals surface area contributed by atoms with Crippen molar-refractivity contribution in [2.45, 2.75) is 45.4 Å². The van der Waals surface area contributed by atoms with E-state index in [0.717, 1.165) is 31.4 Å². The zero-order valence-corrected chi connectivity index (χ0v) is 10.1. The standard InChI is InChI=1S/C14H18F2O/c1-2-3-4-5-12(17)8-6-11-7-9-13(15)14(16)10-11/h7,9-10H,2-6,8H2,1H3. The van der Waals surface area contributed by atoms with Gasteiger partial charge >= 0.3 is 0 Å². The Labute approximate surface area is 101 Å². The highest BCUT2D eigenvalue weighted by Crippen LogP contribution is 2.11. The van der Waals surface area contributed by atoms with Gasteiger partial charge in [-0.25, -0.2) is 8.78 Å². The van der Waals surface area contributed by atoms with Crippen LogP contribution in [0.2, 0.25) is 0 Å². The molecule has 0 fully saturated rings. The van der Waals surface area contributed by atoms with E-state index in [2.05, 4.69) is 6.92 Å². The number of ketones is 1. The maximum Gasteiger partial charge on any atom is 0.159 e. The van der Waals surface area contributed by atoms with Gasteiger partial charge in [-0.05, 0) is 30.5 Å². The average molecular weight is 240 g/mol. The summed E-state index contributed by atoms with van der Waals surface area (Å²) in [6.07, 6.45) is 4.58. The summed E-state index contributed by atoms with van der Waals surface area (Å²) >= 11 is 0. The maximum absolute atomic E-state index is 12.9. The van der Waals surface area contributed by atoms with Crippen LogP contribution in [0.5, 0.6) is 0 Å². The second-order valence-corrected chi connectivity index (χ2v) is 4.24. The van der Waals surface area contributed by atoms with E-state index in [-0.39, 0.29) is 5.78 Å². The number of unbranched alkanes of at least 4 members (excludes halogenated alkanes) is 2. The van der Waals surface area contributed by atoms with Crippen LogP contribution in [0.15, 0.2) is 18.2 Å². The van der Waals surface area contributed by atoms with Crippen molar-refractivity contribution in [3.63, 3.8) is 0 Å². The summed E-state index contributed by atoms with van der Waals surface area (Å²) < 4.78 is 25.6. The van der Waals surface area contributed by atoms with Crippen molar-refractivity contribution in [1.29, 1.82) is 0 Å². The molecule has 1 rings (SSSR count). The van der Waals surface area contributed by atoms with Crippen molar-refractivity contribution < 1.29 is 13.6 Å². The molecular weight excluding hydrogens is 222 g/mol. The zero-order chi connectivity index (χ0) is 12.7. The highest BCUT2D eigenvalue weighted by Gasteiger charge is 2.05. The predicted molar refractivity (Wildman–Crippen MR) is 63.8 cm³/mol. The first-order chi connectivity index (χ1) is 8.13. The molecule has 0 saturated carbocycles. The predicted octanol–water partition coefficient (Wildman–Crippen LogP) is 4.05. The third-order valence-corrected chi connectivity index (χ3v) is 2.74. The number of rotatable bonds is 7. The fraction of sp³-hybridized carbons (Fsp3) is 0.500. The Hall–Kier alpha value is -1.25. The summed E-state index contributed by atoms with van der Waals surface area (Å²) in [6.45, 7) is 2.09. The molecule has 1 nitrogen and oxygen atoms in total. The van der Waals surface area contributed by atoms with Crippen LogP contribution in [-0.4, -0.2) is 5.78 Å². The monoisotopic (exact) mass is 240 g/mol. The van der Waals surface area contributed by atoms with Crippen molar-refractivity contribution in [3.05, 3.63) is 35.4 Å². The quantitative estimate of drug-likeness (QED) is 0.657. The van der Waals surface area contributed by atoms with Gasteiger partial charge in [-0.15, -0.1) is 0 Å². The van der Waals surface area contributed by atoms with E-state index in [1.54, 1.807) is 0 Å². The van der Waals surface area contributed by atoms with Gasteiger partial charge in [0.1, 0.15) is 5.78 Å². The highest BCUT2D eigenvalue weighted by molar-refractivity contribution is 5.78. The molecule has 0 aliphatic rings. The van der Waals surface area contributed by atoms with Gasteiger partial charge in [0.15, 0.2) is 11.6 Å². The minimum absolute atomic E-state index is 0.197. The van der Waals surface area contributed by atoms with E-state index < -0.39 is 11.6 Å². The van der Waals surface area contributed by atoms with Crippen LogP contribution in [-0.2, 0) is 11.2 Å². The highest BCUT2D eigenvalue weighted by atomic mass is 19.2. The topological polar surface area (TPSA) is 17.1 Å². The lowest BCUT2D eigenvalue weighted by atomic mass is 10.0. The van der Waals surface area contributed by atoms with Gasteiger partial charge in [0.2, 0.25) is 0 Å². The third kappa shape index (κ3) is 5.07. The summed E-state index contributed by atoms with van der Waals surface area (Å²) in [4.78, 5) is 11.5. The Balaban J connectivity index is 2.34. The van der Waals surface area contributed by atoms with Gasteiger partial charge in [0.25, 0.3) is 0 Å². The van der Waals surface area contributed by atoms with Crippen LogP contribution in [0.25, 0.3) is 0 Å². The molecule has 0 saturated heterocycles. The second kappa shape index (κ2) is 7.15. The Morgan fingerprint density at radius 1 is 1.12 bits per heavy atom. The Bertz CT molecular complexity index is 374. The molecule has 0 heterocycles. The molecule has 1 aromatic carbocycles. The fourth-order valence-electron chi connectivity index (χ4n) is 1.68. The van der Waals surface area contributed by atoms with Gasteiger partial charge in [-0.3, -0.25) is 4.79 Å². The molecule has 0 N–H and O–H groups in total. The molecule has 0 unspecified atom stereocenters. The van der Waals surface area contributed by atoms with Crippen molar-refractivity contribution in [1.82, 2.24) is 0 Å². The van der Waals surface area contributed by atoms with Gasteiger partial charge in [-0.1, -0.05) is 25.8 Å². The molecule has 0 aromatic heterocycles. The molecule has 0 aliphatic heterocycles. The van der Waals surface area contributed by atoms with Gasteiger partial charge < -0.3 is 0 Å². The minimum atomic E-state index is -0.846. The van der Waals surface area contributed by atoms with E-state index in [4.69, 9.17) is 0 Å². The Morgan fingerprint density at radius 3 is 2.53 bits per heavy atom. The first-order valence-electron chi connectivity index (χ1n) is 6.09. The Morgan fingerprint density at radius 2 is 1.88 bits per heavy atom. The summed E-state index contributed by atoms with van der Waals surface area (Å²) in [7, 11) is 0. The van der Waals surface area contributed by atoms with Crippen LogP contribution in [0, 0.1) is 11.6 Å². The Kier molecular flexibility index (Phi) is 5.81. The van der Waals surface area contributed by atoms with Crippen molar-refractivity contribution >= 4 is 5.78 Å². The molecule has 0 aliphatic carbocycles. The van der Waals surface area contributed by atoms with Crippen molar-refractivity contribution in [2.75, 3.05) is 0 Å². The zero-order valence-electron chi connectivity index (χ0n) is 10.1. The number of hydrogen-bond donors (Lipinski definition) is 0. The molecule has 1 aromatic rings. The number of benzene rings is 1. The molecule has 0 amide bonds. The van der Waals surface area contributed by atoms with Crippen LogP contribution in [0.4, 0.5) is 8.78 Å². The average Bonchev–Trinajstić information content (AvgIpc) is 2.31. The normalized spacial score (nSPS) is 10.5. The lowest BCUT2D eigenvalue weighted by molar-refractivity contribution is -0.119. The third-order valence-electron chi connectivity index (χ3n) is 2.74. The van der Waals surface area contributed by atoms with E-state index in [1.165, 1.54) is 6.07 Å². The number of aryl methyl sites for hydroxylation is 1. The molecule has 94 valence electrons. The summed E-state index contributed by atoms with van der Waals surface area (Å²) in [6, 6.07) is 3.79. The van der Waals surface area contributed by atoms with Crippen LogP contribution < -0.4 is 0 Å². The molecular formula is C14H18F2O. The van der Waals surface area contributed by atoms with E-state index >= 15 is 0 Å². The van der Waals surface area contributed by atoms with E-state index in [9.17, 15) is 13.6 Å². The molecule has 0 radical (unpaired) electrons. The van der Waals surface area contributed by atoms with E-state index in [0.29, 0.717) is 24.8 Å². The van der Waals surface area contributed by atoms with Crippen molar-refractivity contribution in [3.8, 4) is 0 Å². The van der Waals surface area contributed by atoms with Crippen LogP contribution in [0.3, 0.4) is 0 Å². The summed E-state index contributed by atoms with van der Waals surface area (Å²) in [5.74, 6) is -1.49. The SMILES string of the molecule is CCCCCC(=O)CCc1ccc(F)c(F)c1. The molecule has 17 heavy (non-hydrogen) atoms. The van der Waals surface area contributed by atoms with E-state index in [1.807, 2.05) is 0 Å². The van der Waals surface area contributed by atoms with Crippen molar-refractivity contribution in [2.24, 2.45) is 0 Å². The lowest BCUT2D eigenvalue weighted by Crippen LogP contribution is -2.00. The molecule has 0 atom stereocenters. The second-order valence-electron chi connectivity index (χ2n) is 4.24. The number of carbonyl (C=O) groups is 1. The maximum atomic E-state index is 12.9. The first kappa shape index (κ1) is 13.8. The molecule has 3 heteroatoms. The van der Waals surface area contributed by atoms with Crippen LogP contribution >= 0.6 is 0 Å². The smallest absolute Gasteiger partial charge is 0.159 e. The summed E-state index contributed by atoms with van der Waals surface area (Å²) in [5.41, 5.74) is 0.674.